The van der Waals surface area contributed by atoms with Gasteiger partial charge in [-0.1, -0.05) is 12.1 Å². The Morgan fingerprint density at radius 3 is 2.32 bits per heavy atom. The molecule has 1 aromatic heterocycles. The summed E-state index contributed by atoms with van der Waals surface area (Å²) in [5.74, 6) is 3.76. The second-order valence-electron chi connectivity index (χ2n) is 9.27. The van der Waals surface area contributed by atoms with Gasteiger partial charge in [-0.2, -0.15) is 0 Å². The first kappa shape index (κ1) is 18.4. The van der Waals surface area contributed by atoms with Gasteiger partial charge in [-0.25, -0.2) is 0 Å². The van der Waals surface area contributed by atoms with Crippen molar-refractivity contribution in [2.45, 2.75) is 57.2 Å². The molecular weight excluding hydrogens is 366 g/mol. The minimum absolute atomic E-state index is 0.255. The standard InChI is InChI=1S/C23H31N3OS/c1-26-20(14-24-13-16-3-5-21(27-2)6-4-16)15-28-22(26)25-23-10-17-7-18(11-23)9-19(8-17)12-23/h3-6,15,17-19,24H,7-14H2,1-2H3. The predicted octanol–water partition coefficient (Wildman–Crippen LogP) is 4.25. The van der Waals surface area contributed by atoms with Crippen molar-refractivity contribution in [3.05, 3.63) is 45.7 Å². The number of ether oxygens (including phenoxy) is 1. The highest BCUT2D eigenvalue weighted by Gasteiger charge is 2.51. The number of methoxy groups -OCH3 is 1. The maximum absolute atomic E-state index is 5.40. The van der Waals surface area contributed by atoms with Crippen molar-refractivity contribution in [2.24, 2.45) is 29.8 Å². The second-order valence-corrected chi connectivity index (χ2v) is 10.1. The van der Waals surface area contributed by atoms with E-state index in [9.17, 15) is 0 Å². The average Bonchev–Trinajstić information content (AvgIpc) is 3.00. The minimum atomic E-state index is 0.255. The molecule has 0 amide bonds. The molecule has 0 aliphatic heterocycles. The molecule has 4 fully saturated rings. The van der Waals surface area contributed by atoms with Crippen molar-refractivity contribution in [2.75, 3.05) is 7.11 Å². The highest BCUT2D eigenvalue weighted by atomic mass is 32.1. The number of rotatable bonds is 6. The molecule has 1 heterocycles. The number of thiazole rings is 1. The van der Waals surface area contributed by atoms with Crippen LogP contribution >= 0.6 is 11.3 Å². The number of nitrogens with zero attached hydrogens (tertiary/aromatic N) is 2. The smallest absolute Gasteiger partial charge is 0.185 e. The normalized spacial score (nSPS) is 31.5. The van der Waals surface area contributed by atoms with E-state index in [0.717, 1.165) is 36.6 Å². The highest BCUT2D eigenvalue weighted by Crippen LogP contribution is 2.57. The first-order valence-corrected chi connectivity index (χ1v) is 11.5. The van der Waals surface area contributed by atoms with Crippen LogP contribution in [0.4, 0.5) is 0 Å². The van der Waals surface area contributed by atoms with Gasteiger partial charge >= 0.3 is 0 Å². The Kier molecular flexibility index (Phi) is 4.84. The topological polar surface area (TPSA) is 38.5 Å². The molecule has 150 valence electrons. The first-order valence-electron chi connectivity index (χ1n) is 10.7. The minimum Gasteiger partial charge on any atom is -0.497 e. The third kappa shape index (κ3) is 3.55. The van der Waals surface area contributed by atoms with Gasteiger partial charge in [-0.3, -0.25) is 4.99 Å². The largest absolute Gasteiger partial charge is 0.497 e. The monoisotopic (exact) mass is 397 g/mol. The molecule has 0 unspecified atom stereocenters. The predicted molar refractivity (Wildman–Crippen MR) is 113 cm³/mol. The van der Waals surface area contributed by atoms with Crippen LogP contribution in [-0.4, -0.2) is 17.2 Å². The first-order chi connectivity index (χ1) is 13.6. The summed E-state index contributed by atoms with van der Waals surface area (Å²) in [4.78, 5) is 6.61. The summed E-state index contributed by atoms with van der Waals surface area (Å²) >= 11 is 1.82. The van der Waals surface area contributed by atoms with Crippen molar-refractivity contribution in [3.63, 3.8) is 0 Å². The van der Waals surface area contributed by atoms with Gasteiger partial charge in [0.2, 0.25) is 0 Å². The molecule has 4 aliphatic rings. The van der Waals surface area contributed by atoms with E-state index in [1.54, 1.807) is 7.11 Å². The van der Waals surface area contributed by atoms with Gasteiger partial charge in [0, 0.05) is 31.2 Å². The summed E-state index contributed by atoms with van der Waals surface area (Å²) in [7, 11) is 3.89. The highest BCUT2D eigenvalue weighted by molar-refractivity contribution is 7.07. The van der Waals surface area contributed by atoms with E-state index in [0.29, 0.717) is 0 Å². The molecule has 4 saturated carbocycles. The lowest BCUT2D eigenvalue weighted by Gasteiger charge is -2.54. The molecule has 0 spiro atoms. The fraction of sp³-hybridized carbons (Fsp3) is 0.609. The Hall–Kier alpha value is -1.59. The van der Waals surface area contributed by atoms with Crippen molar-refractivity contribution < 1.29 is 4.74 Å². The Morgan fingerprint density at radius 1 is 1.07 bits per heavy atom. The summed E-state index contributed by atoms with van der Waals surface area (Å²) in [6, 6.07) is 8.27. The molecular formula is C23H31N3OS. The van der Waals surface area contributed by atoms with Crippen LogP contribution < -0.4 is 14.9 Å². The van der Waals surface area contributed by atoms with Crippen LogP contribution in [0.5, 0.6) is 5.75 Å². The molecule has 4 nitrogen and oxygen atoms in total. The van der Waals surface area contributed by atoms with Crippen LogP contribution in [0.3, 0.4) is 0 Å². The van der Waals surface area contributed by atoms with Crippen molar-refractivity contribution in [1.82, 2.24) is 9.88 Å². The molecule has 4 bridgehead atoms. The third-order valence-corrected chi connectivity index (χ3v) is 8.12. The lowest BCUT2D eigenvalue weighted by molar-refractivity contribution is -0.000364. The summed E-state index contributed by atoms with van der Waals surface area (Å²) in [5.41, 5.74) is 2.85. The fourth-order valence-corrected chi connectivity index (χ4v) is 7.15. The Morgan fingerprint density at radius 2 is 1.71 bits per heavy atom. The molecule has 1 N–H and O–H groups in total. The van der Waals surface area contributed by atoms with Crippen molar-refractivity contribution in [3.8, 4) is 5.75 Å². The molecule has 5 heteroatoms. The van der Waals surface area contributed by atoms with E-state index in [1.165, 1.54) is 54.6 Å². The lowest BCUT2D eigenvalue weighted by atomic mass is 9.53. The van der Waals surface area contributed by atoms with E-state index < -0.39 is 0 Å². The van der Waals surface area contributed by atoms with Gasteiger partial charge in [0.05, 0.1) is 12.6 Å². The number of nitrogens with one attached hydrogen (secondary N) is 1. The number of benzene rings is 1. The molecule has 4 aliphatic carbocycles. The molecule has 28 heavy (non-hydrogen) atoms. The van der Waals surface area contributed by atoms with Crippen LogP contribution in [0.15, 0.2) is 34.6 Å². The zero-order valence-electron chi connectivity index (χ0n) is 17.0. The van der Waals surface area contributed by atoms with Crippen LogP contribution in [0.25, 0.3) is 0 Å². The van der Waals surface area contributed by atoms with Crippen LogP contribution in [0, 0.1) is 17.8 Å². The van der Waals surface area contributed by atoms with Crippen molar-refractivity contribution in [1.29, 1.82) is 0 Å². The summed E-state index contributed by atoms with van der Waals surface area (Å²) in [6.07, 6.45) is 8.44. The summed E-state index contributed by atoms with van der Waals surface area (Å²) < 4.78 is 7.54. The molecule has 0 saturated heterocycles. The molecule has 6 rings (SSSR count). The summed E-state index contributed by atoms with van der Waals surface area (Å²) in [6.45, 7) is 1.73. The van der Waals surface area contributed by atoms with Crippen molar-refractivity contribution >= 4 is 11.3 Å². The van der Waals surface area contributed by atoms with Gasteiger partial charge in [-0.15, -0.1) is 11.3 Å². The Balaban J connectivity index is 1.26. The van der Waals surface area contributed by atoms with E-state index in [4.69, 9.17) is 9.73 Å². The van der Waals surface area contributed by atoms with E-state index >= 15 is 0 Å². The molecule has 0 radical (unpaired) electrons. The quantitative estimate of drug-likeness (QED) is 0.791. The molecule has 2 aromatic rings. The molecule has 1 aromatic carbocycles. The van der Waals surface area contributed by atoms with Gasteiger partial charge in [-0.05, 0) is 74.0 Å². The van der Waals surface area contributed by atoms with Gasteiger partial charge in [0.25, 0.3) is 0 Å². The zero-order valence-corrected chi connectivity index (χ0v) is 17.8. The lowest BCUT2D eigenvalue weighted by Crippen LogP contribution is -2.50. The zero-order chi connectivity index (χ0) is 19.1. The maximum Gasteiger partial charge on any atom is 0.185 e. The van der Waals surface area contributed by atoms with E-state index in [-0.39, 0.29) is 5.54 Å². The third-order valence-electron chi connectivity index (χ3n) is 7.15. The van der Waals surface area contributed by atoms with Gasteiger partial charge < -0.3 is 14.6 Å². The van der Waals surface area contributed by atoms with Crippen LogP contribution in [0.1, 0.15) is 49.8 Å². The number of hydrogen-bond acceptors (Lipinski definition) is 4. The SMILES string of the molecule is COc1ccc(CNCc2csc(=NC34CC5CC(CC(C5)C3)C4)n2C)cc1. The van der Waals surface area contributed by atoms with Gasteiger partial charge in [0.1, 0.15) is 5.75 Å². The van der Waals surface area contributed by atoms with Crippen LogP contribution in [0.2, 0.25) is 0 Å². The fourth-order valence-electron chi connectivity index (χ4n) is 6.15. The van der Waals surface area contributed by atoms with Gasteiger partial charge in [0.15, 0.2) is 4.80 Å². The maximum atomic E-state index is 5.40. The average molecular weight is 398 g/mol. The summed E-state index contributed by atoms with van der Waals surface area (Å²) in [5, 5.41) is 5.85. The number of aromatic nitrogens is 1. The Bertz CT molecular complexity index is 860. The second kappa shape index (κ2) is 7.34. The van der Waals surface area contributed by atoms with E-state index in [2.05, 4.69) is 34.4 Å². The Labute approximate surface area is 171 Å². The van der Waals surface area contributed by atoms with E-state index in [1.807, 2.05) is 23.5 Å². The molecule has 0 atom stereocenters. The number of hydrogen-bond donors (Lipinski definition) is 1. The van der Waals surface area contributed by atoms with Crippen LogP contribution in [-0.2, 0) is 20.1 Å².